The Kier molecular flexibility index (Phi) is 11.9. The topological polar surface area (TPSA) is 88.2 Å². The molecule has 2 aliphatic rings. The van der Waals surface area contributed by atoms with Gasteiger partial charge in [0.2, 0.25) is 17.7 Å². The molecule has 0 aliphatic carbocycles. The number of benzene rings is 2. The molecule has 2 saturated heterocycles. The molecule has 40 heavy (non-hydrogen) atoms. The van der Waals surface area contributed by atoms with Crippen LogP contribution in [0.1, 0.15) is 19.8 Å². The average molecular weight is 592 g/mol. The van der Waals surface area contributed by atoms with Crippen molar-refractivity contribution >= 4 is 63.7 Å². The molecule has 0 saturated carbocycles. The van der Waals surface area contributed by atoms with Gasteiger partial charge in [0.1, 0.15) is 11.8 Å². The van der Waals surface area contributed by atoms with E-state index in [-0.39, 0.29) is 35.5 Å². The molecule has 2 atom stereocenters. The molecular weight excluding hydrogens is 551 g/mol. The molecule has 2 fully saturated rings. The van der Waals surface area contributed by atoms with E-state index in [9.17, 15) is 14.4 Å². The van der Waals surface area contributed by atoms with Gasteiger partial charge in [-0.1, -0.05) is 0 Å². The number of nitrogens with one attached hydrogen (secondary N) is 2. The number of likely N-dealkylation sites (N-methyl/N-ethyl adjacent to an activating group) is 2. The predicted molar refractivity (Wildman–Crippen MR) is 165 cm³/mol. The molecule has 2 aromatic carbocycles. The number of alkyl halides is 2. The van der Waals surface area contributed by atoms with Gasteiger partial charge >= 0.3 is 0 Å². The van der Waals surface area contributed by atoms with Crippen LogP contribution in [0, 0.1) is 0 Å². The Bertz CT molecular complexity index is 1130. The van der Waals surface area contributed by atoms with Gasteiger partial charge in [-0.05, 0) is 75.5 Å². The first-order chi connectivity index (χ1) is 19.1. The molecule has 2 unspecified atom stereocenters. The second-order valence-electron chi connectivity index (χ2n) is 10.3. The van der Waals surface area contributed by atoms with Crippen LogP contribution in [0.2, 0.25) is 0 Å². The number of carbonyl (C=O) groups excluding carboxylic acids is 3. The van der Waals surface area contributed by atoms with E-state index < -0.39 is 0 Å². The van der Waals surface area contributed by atoms with Crippen LogP contribution in [-0.2, 0) is 14.4 Å². The molecule has 2 aromatic rings. The second-order valence-corrected chi connectivity index (χ2v) is 10.9. The van der Waals surface area contributed by atoms with Gasteiger partial charge in [0.15, 0.2) is 0 Å². The largest absolute Gasteiger partial charge is 0.370 e. The zero-order chi connectivity index (χ0) is 29.2. The third-order valence-corrected chi connectivity index (χ3v) is 7.86. The summed E-state index contributed by atoms with van der Waals surface area (Å²) in [7, 11) is 6.10. The minimum absolute atomic E-state index is 0.0155. The molecule has 0 radical (unpaired) electrons. The highest BCUT2D eigenvalue weighted by atomic mass is 35.5. The van der Waals surface area contributed by atoms with Gasteiger partial charge in [-0.15, -0.1) is 23.2 Å². The van der Waals surface area contributed by atoms with Crippen LogP contribution in [0.25, 0.3) is 0 Å². The van der Waals surface area contributed by atoms with Crippen molar-refractivity contribution in [2.45, 2.75) is 31.8 Å². The number of amides is 3. The zero-order valence-electron chi connectivity index (χ0n) is 23.7. The molecular formula is C29H40Cl2N6O3. The summed E-state index contributed by atoms with van der Waals surface area (Å²) in [6.45, 7) is 5.49. The molecule has 2 aliphatic heterocycles. The summed E-state index contributed by atoms with van der Waals surface area (Å²) in [5, 5.41) is 5.45. The van der Waals surface area contributed by atoms with E-state index in [1.807, 2.05) is 55.6 Å². The number of halogens is 2. The Morgan fingerprint density at radius 2 is 1.15 bits per heavy atom. The minimum Gasteiger partial charge on any atom is -0.370 e. The summed E-state index contributed by atoms with van der Waals surface area (Å²) in [4.78, 5) is 42.5. The van der Waals surface area contributed by atoms with Crippen LogP contribution in [-0.4, -0.2) is 98.7 Å². The highest BCUT2D eigenvalue weighted by Crippen LogP contribution is 2.25. The Hall–Kier alpha value is -3.01. The van der Waals surface area contributed by atoms with Crippen LogP contribution < -0.4 is 20.4 Å². The van der Waals surface area contributed by atoms with Crippen molar-refractivity contribution in [3.8, 4) is 0 Å². The van der Waals surface area contributed by atoms with E-state index in [1.54, 1.807) is 11.8 Å². The van der Waals surface area contributed by atoms with Crippen LogP contribution in [0.5, 0.6) is 0 Å². The Morgan fingerprint density at radius 1 is 0.750 bits per heavy atom. The van der Waals surface area contributed by atoms with Gasteiger partial charge in [0.25, 0.3) is 0 Å². The molecule has 0 spiro atoms. The van der Waals surface area contributed by atoms with E-state index in [0.717, 1.165) is 49.7 Å². The van der Waals surface area contributed by atoms with Crippen LogP contribution in [0.3, 0.4) is 0 Å². The normalized spacial score (nSPS) is 18.3. The molecule has 0 bridgehead atoms. The van der Waals surface area contributed by atoms with Gasteiger partial charge in [-0.2, -0.15) is 0 Å². The molecule has 2 heterocycles. The van der Waals surface area contributed by atoms with Gasteiger partial charge in [0.05, 0.1) is 6.04 Å². The van der Waals surface area contributed by atoms with Gasteiger partial charge in [-0.3, -0.25) is 14.4 Å². The maximum Gasteiger partial charge on any atom is 0.239 e. The molecule has 3 amide bonds. The van der Waals surface area contributed by atoms with Gasteiger partial charge < -0.3 is 30.2 Å². The summed E-state index contributed by atoms with van der Waals surface area (Å²) in [5.74, 6) is -0.358. The van der Waals surface area contributed by atoms with E-state index in [0.29, 0.717) is 6.04 Å². The molecule has 218 valence electrons. The van der Waals surface area contributed by atoms with E-state index >= 15 is 0 Å². The summed E-state index contributed by atoms with van der Waals surface area (Å²) >= 11 is 10.9. The molecule has 11 heteroatoms. The number of hydrogen-bond donors (Lipinski definition) is 2. The summed E-state index contributed by atoms with van der Waals surface area (Å²) in [6.07, 6.45) is 2.17. The quantitative estimate of drug-likeness (QED) is 0.453. The summed E-state index contributed by atoms with van der Waals surface area (Å²) < 4.78 is 0. The van der Waals surface area contributed by atoms with Crippen molar-refractivity contribution in [2.24, 2.45) is 0 Å². The van der Waals surface area contributed by atoms with Crippen molar-refractivity contribution < 1.29 is 14.4 Å². The van der Waals surface area contributed by atoms with E-state index in [4.69, 9.17) is 23.2 Å². The first-order valence-corrected chi connectivity index (χ1v) is 14.5. The molecule has 9 nitrogen and oxygen atoms in total. The van der Waals surface area contributed by atoms with Crippen molar-refractivity contribution in [2.75, 3.05) is 79.5 Å². The van der Waals surface area contributed by atoms with Crippen molar-refractivity contribution in [3.05, 3.63) is 48.5 Å². The molecule has 2 N–H and O–H groups in total. The highest BCUT2D eigenvalue weighted by molar-refractivity contribution is 6.29. The predicted octanol–water partition coefficient (Wildman–Crippen LogP) is 3.93. The average Bonchev–Trinajstić information content (AvgIpc) is 3.65. The first-order valence-electron chi connectivity index (χ1n) is 13.4. The number of nitrogens with zero attached hydrogens (tertiary/aromatic N) is 4. The van der Waals surface area contributed by atoms with Crippen LogP contribution in [0.15, 0.2) is 48.5 Å². The zero-order valence-corrected chi connectivity index (χ0v) is 25.2. The number of rotatable bonds is 8. The van der Waals surface area contributed by atoms with E-state index in [2.05, 4.69) is 39.4 Å². The fraction of sp³-hybridized carbons (Fsp3) is 0.483. The Morgan fingerprint density at radius 3 is 1.50 bits per heavy atom. The summed E-state index contributed by atoms with van der Waals surface area (Å²) in [5.41, 5.74) is 3.82. The highest BCUT2D eigenvalue weighted by Gasteiger charge is 2.27. The lowest BCUT2D eigenvalue weighted by Crippen LogP contribution is -2.37. The fourth-order valence-electron chi connectivity index (χ4n) is 4.85. The fourth-order valence-corrected chi connectivity index (χ4v) is 4.98. The lowest BCUT2D eigenvalue weighted by atomic mass is 10.2. The van der Waals surface area contributed by atoms with Crippen molar-refractivity contribution in [3.63, 3.8) is 0 Å². The van der Waals surface area contributed by atoms with Crippen molar-refractivity contribution in [1.82, 2.24) is 9.80 Å². The first kappa shape index (κ1) is 31.5. The molecule has 0 aromatic heterocycles. The SMILES string of the molecule is CC(=O)N(C)C1CCN(c2ccc(NC(=O)CCl)cc2)C1.CN(C)C1CCN(c2ccc(NC(=O)CCl)cc2)C1. The molecule has 4 rings (SSSR count). The Balaban J connectivity index is 0.000000222. The smallest absolute Gasteiger partial charge is 0.239 e. The van der Waals surface area contributed by atoms with Crippen LogP contribution >= 0.6 is 23.2 Å². The monoisotopic (exact) mass is 590 g/mol. The lowest BCUT2D eigenvalue weighted by Gasteiger charge is -2.24. The van der Waals surface area contributed by atoms with Crippen LogP contribution in [0.4, 0.5) is 22.7 Å². The number of anilines is 4. The number of carbonyl (C=O) groups is 3. The second kappa shape index (κ2) is 15.1. The minimum atomic E-state index is -0.214. The lowest BCUT2D eigenvalue weighted by molar-refractivity contribution is -0.129. The third kappa shape index (κ3) is 9.01. The third-order valence-electron chi connectivity index (χ3n) is 7.38. The van der Waals surface area contributed by atoms with Gasteiger partial charge in [-0.25, -0.2) is 0 Å². The van der Waals surface area contributed by atoms with Gasteiger partial charge in [0, 0.05) is 68.9 Å². The summed E-state index contributed by atoms with van der Waals surface area (Å²) in [6, 6.07) is 16.5. The Labute approximate surface area is 247 Å². The number of hydrogen-bond acceptors (Lipinski definition) is 6. The van der Waals surface area contributed by atoms with Crippen molar-refractivity contribution in [1.29, 1.82) is 0 Å². The maximum absolute atomic E-state index is 11.4. The van der Waals surface area contributed by atoms with E-state index in [1.165, 1.54) is 12.1 Å². The standard InChI is InChI=1S/C15H20ClN3O2.C14H20ClN3O/c1-11(20)18(2)14-7-8-19(10-14)13-5-3-12(4-6-13)17-15(21)9-16;1-17(2)13-7-8-18(10-13)12-5-3-11(4-6-12)16-14(19)9-15/h3-6,14H,7-10H2,1-2H3,(H,17,21);3-6,13H,7-10H2,1-2H3,(H,16,19). The maximum atomic E-state index is 11.4.